The lowest BCUT2D eigenvalue weighted by atomic mass is 9.98. The summed E-state index contributed by atoms with van der Waals surface area (Å²) in [5.41, 5.74) is 2.97. The van der Waals surface area contributed by atoms with E-state index in [2.05, 4.69) is 24.3 Å². The van der Waals surface area contributed by atoms with E-state index in [1.807, 2.05) is 79.9 Å². The van der Waals surface area contributed by atoms with Crippen molar-refractivity contribution < 1.29 is 4.21 Å². The fraction of sp³-hybridized carbons (Fsp3) is 0.0385. The third-order valence-electron chi connectivity index (χ3n) is 5.24. The molecular formula is C26H19NOS. The molecule has 140 valence electrons. The summed E-state index contributed by atoms with van der Waals surface area (Å²) < 4.78 is 13.6. The fourth-order valence-corrected chi connectivity index (χ4v) is 4.98. The SMILES string of the molecule is Cc1ccc([S@@](=O)c2ccc3ccccc3c2-c2nccc3ccccc23)cc1. The van der Waals surface area contributed by atoms with Gasteiger partial charge in [0.05, 0.1) is 21.4 Å². The first kappa shape index (κ1) is 17.8. The molecular weight excluding hydrogens is 374 g/mol. The number of hydrogen-bond donors (Lipinski definition) is 0. The third-order valence-corrected chi connectivity index (χ3v) is 6.68. The minimum Gasteiger partial charge on any atom is -0.256 e. The first-order valence-corrected chi connectivity index (χ1v) is 10.7. The van der Waals surface area contributed by atoms with E-state index in [0.29, 0.717) is 0 Å². The van der Waals surface area contributed by atoms with Crippen LogP contribution in [0.4, 0.5) is 0 Å². The number of fused-ring (bicyclic) bond motifs is 2. The zero-order chi connectivity index (χ0) is 19.8. The molecule has 0 radical (unpaired) electrons. The lowest BCUT2D eigenvalue weighted by Gasteiger charge is -2.15. The van der Waals surface area contributed by atoms with E-state index in [1.54, 1.807) is 0 Å². The van der Waals surface area contributed by atoms with Gasteiger partial charge in [0.15, 0.2) is 0 Å². The maximum absolute atomic E-state index is 13.6. The highest BCUT2D eigenvalue weighted by Gasteiger charge is 2.19. The molecule has 29 heavy (non-hydrogen) atoms. The summed E-state index contributed by atoms with van der Waals surface area (Å²) in [4.78, 5) is 6.33. The van der Waals surface area contributed by atoms with Crippen molar-refractivity contribution in [3.05, 3.63) is 103 Å². The van der Waals surface area contributed by atoms with Crippen LogP contribution in [0, 0.1) is 6.92 Å². The van der Waals surface area contributed by atoms with E-state index in [0.717, 1.165) is 48.2 Å². The minimum absolute atomic E-state index is 0.788. The molecule has 5 rings (SSSR count). The minimum atomic E-state index is -1.31. The van der Waals surface area contributed by atoms with Crippen molar-refractivity contribution in [2.45, 2.75) is 16.7 Å². The number of benzene rings is 4. The molecule has 0 amide bonds. The monoisotopic (exact) mass is 393 g/mol. The molecule has 0 saturated carbocycles. The normalized spacial score (nSPS) is 12.3. The maximum atomic E-state index is 13.6. The summed E-state index contributed by atoms with van der Waals surface area (Å²) in [5.74, 6) is 0. The summed E-state index contributed by atoms with van der Waals surface area (Å²) in [7, 11) is -1.31. The molecule has 2 nitrogen and oxygen atoms in total. The maximum Gasteiger partial charge on any atom is 0.0856 e. The van der Waals surface area contributed by atoms with Crippen molar-refractivity contribution in [1.82, 2.24) is 4.98 Å². The molecule has 1 atom stereocenters. The van der Waals surface area contributed by atoms with Gasteiger partial charge in [-0.3, -0.25) is 4.98 Å². The number of hydrogen-bond acceptors (Lipinski definition) is 2. The molecule has 0 N–H and O–H groups in total. The van der Waals surface area contributed by atoms with Gasteiger partial charge in [-0.15, -0.1) is 0 Å². The molecule has 0 aliphatic heterocycles. The Kier molecular flexibility index (Phi) is 4.45. The average Bonchev–Trinajstić information content (AvgIpc) is 2.78. The zero-order valence-electron chi connectivity index (χ0n) is 16.0. The first-order chi connectivity index (χ1) is 14.2. The molecule has 3 heteroatoms. The largest absolute Gasteiger partial charge is 0.256 e. The highest BCUT2D eigenvalue weighted by Crippen LogP contribution is 2.38. The summed E-state index contributed by atoms with van der Waals surface area (Å²) >= 11 is 0. The second kappa shape index (κ2) is 7.26. The van der Waals surface area contributed by atoms with E-state index in [4.69, 9.17) is 4.98 Å². The van der Waals surface area contributed by atoms with Crippen LogP contribution in [0.3, 0.4) is 0 Å². The van der Waals surface area contributed by atoms with Gasteiger partial charge in [-0.25, -0.2) is 4.21 Å². The Balaban J connectivity index is 1.84. The van der Waals surface area contributed by atoms with Crippen molar-refractivity contribution in [3.63, 3.8) is 0 Å². The standard InChI is InChI=1S/C26H19NOS/c1-18-10-13-21(14-11-18)29(28)24-15-12-19-6-2-4-8-22(19)25(24)26-23-9-5-3-7-20(23)16-17-27-26/h2-17H,1H3/t29-/m1/s1. The molecule has 0 aliphatic rings. The van der Waals surface area contributed by atoms with Crippen molar-refractivity contribution in [1.29, 1.82) is 0 Å². The summed E-state index contributed by atoms with van der Waals surface area (Å²) in [6, 6.07) is 30.4. The Morgan fingerprint density at radius 2 is 1.34 bits per heavy atom. The molecule has 0 unspecified atom stereocenters. The molecule has 0 spiro atoms. The van der Waals surface area contributed by atoms with Gasteiger partial charge in [0.2, 0.25) is 0 Å². The van der Waals surface area contributed by atoms with E-state index >= 15 is 0 Å². The lowest BCUT2D eigenvalue weighted by molar-refractivity contribution is 0.683. The molecule has 0 fully saturated rings. The quantitative estimate of drug-likeness (QED) is 0.349. The Bertz CT molecular complexity index is 1370. The number of aromatic nitrogens is 1. The van der Waals surface area contributed by atoms with Crippen molar-refractivity contribution >= 4 is 32.3 Å². The van der Waals surface area contributed by atoms with E-state index in [-0.39, 0.29) is 0 Å². The second-order valence-electron chi connectivity index (χ2n) is 7.12. The van der Waals surface area contributed by atoms with E-state index < -0.39 is 10.8 Å². The molecule has 0 saturated heterocycles. The van der Waals surface area contributed by atoms with Crippen LogP contribution in [0.15, 0.2) is 107 Å². The Labute approximate surface area is 172 Å². The van der Waals surface area contributed by atoms with Gasteiger partial charge in [0.25, 0.3) is 0 Å². The van der Waals surface area contributed by atoms with E-state index in [9.17, 15) is 4.21 Å². The van der Waals surface area contributed by atoms with Crippen LogP contribution in [0.2, 0.25) is 0 Å². The molecule has 4 aromatic carbocycles. The average molecular weight is 394 g/mol. The molecule has 5 aromatic rings. The summed E-state index contributed by atoms with van der Waals surface area (Å²) in [6.45, 7) is 2.04. The summed E-state index contributed by atoms with van der Waals surface area (Å²) in [6.07, 6.45) is 1.83. The van der Waals surface area contributed by atoms with Crippen molar-refractivity contribution in [2.75, 3.05) is 0 Å². The number of pyridine rings is 1. The van der Waals surface area contributed by atoms with Crippen LogP contribution in [0.5, 0.6) is 0 Å². The Morgan fingerprint density at radius 1 is 0.690 bits per heavy atom. The number of aryl methyl sites for hydroxylation is 1. The van der Waals surface area contributed by atoms with E-state index in [1.165, 1.54) is 0 Å². The second-order valence-corrected chi connectivity index (χ2v) is 8.57. The van der Waals surface area contributed by atoms with Gasteiger partial charge < -0.3 is 0 Å². The predicted molar refractivity (Wildman–Crippen MR) is 121 cm³/mol. The Morgan fingerprint density at radius 3 is 2.10 bits per heavy atom. The highest BCUT2D eigenvalue weighted by molar-refractivity contribution is 7.85. The van der Waals surface area contributed by atoms with Crippen LogP contribution in [-0.4, -0.2) is 9.19 Å². The van der Waals surface area contributed by atoms with Gasteiger partial charge in [-0.1, -0.05) is 72.3 Å². The number of rotatable bonds is 3. The zero-order valence-corrected chi connectivity index (χ0v) is 16.8. The van der Waals surface area contributed by atoms with Crippen LogP contribution in [0.1, 0.15) is 5.56 Å². The van der Waals surface area contributed by atoms with Crippen molar-refractivity contribution in [3.8, 4) is 11.3 Å². The smallest absolute Gasteiger partial charge is 0.0856 e. The molecule has 0 bridgehead atoms. The third kappa shape index (κ3) is 3.14. The summed E-state index contributed by atoms with van der Waals surface area (Å²) in [5, 5.41) is 4.36. The van der Waals surface area contributed by atoms with Gasteiger partial charge >= 0.3 is 0 Å². The van der Waals surface area contributed by atoms with Crippen LogP contribution < -0.4 is 0 Å². The Hall–Kier alpha value is -3.30. The van der Waals surface area contributed by atoms with Crippen LogP contribution in [-0.2, 0) is 10.8 Å². The molecule has 1 aromatic heterocycles. The fourth-order valence-electron chi connectivity index (χ4n) is 3.76. The first-order valence-electron chi connectivity index (χ1n) is 9.57. The molecule has 0 aliphatic carbocycles. The van der Waals surface area contributed by atoms with Gasteiger partial charge in [-0.2, -0.15) is 0 Å². The van der Waals surface area contributed by atoms with Crippen molar-refractivity contribution in [2.24, 2.45) is 0 Å². The topological polar surface area (TPSA) is 30.0 Å². The van der Waals surface area contributed by atoms with Gasteiger partial charge in [0, 0.05) is 22.0 Å². The van der Waals surface area contributed by atoms with Crippen LogP contribution in [0.25, 0.3) is 32.8 Å². The number of nitrogens with zero attached hydrogens (tertiary/aromatic N) is 1. The predicted octanol–water partition coefficient (Wildman–Crippen LogP) is 6.53. The lowest BCUT2D eigenvalue weighted by Crippen LogP contribution is -1.99. The van der Waals surface area contributed by atoms with Gasteiger partial charge in [-0.05, 0) is 47.3 Å². The molecule has 1 heterocycles. The van der Waals surface area contributed by atoms with Crippen LogP contribution >= 0.6 is 0 Å². The van der Waals surface area contributed by atoms with Gasteiger partial charge in [0.1, 0.15) is 0 Å². The highest BCUT2D eigenvalue weighted by atomic mass is 32.2.